The third-order valence-electron chi connectivity index (χ3n) is 2.31. The fourth-order valence-electron chi connectivity index (χ4n) is 1.33. The summed E-state index contributed by atoms with van der Waals surface area (Å²) in [5.74, 6) is 4.86. The Morgan fingerprint density at radius 2 is 1.33 bits per heavy atom. The summed E-state index contributed by atoms with van der Waals surface area (Å²) in [7, 11) is 0. The smallest absolute Gasteiger partial charge is 0.0930 e. The van der Waals surface area contributed by atoms with Gasteiger partial charge in [0.15, 0.2) is 0 Å². The molecule has 0 aromatic heterocycles. The molecule has 0 amide bonds. The van der Waals surface area contributed by atoms with Crippen molar-refractivity contribution in [2.24, 2.45) is 5.90 Å². The van der Waals surface area contributed by atoms with Crippen molar-refractivity contribution in [2.45, 2.75) is 6.61 Å². The molecule has 0 unspecified atom stereocenters. The van der Waals surface area contributed by atoms with Crippen LogP contribution in [0.15, 0.2) is 54.6 Å². The van der Waals surface area contributed by atoms with Crippen molar-refractivity contribution in [1.29, 1.82) is 0 Å². The molecule has 0 fully saturated rings. The molecule has 0 spiro atoms. The zero-order valence-electron chi connectivity index (χ0n) is 8.39. The Bertz CT molecular complexity index is 387. The highest BCUT2D eigenvalue weighted by Gasteiger charge is 2.03. The van der Waals surface area contributed by atoms with Crippen molar-refractivity contribution < 1.29 is 4.84 Å². The molecule has 3 rings (SSSR count). The van der Waals surface area contributed by atoms with Crippen molar-refractivity contribution in [3.63, 3.8) is 0 Å². The largest absolute Gasteiger partial charge is 0.300 e. The number of hydrogen-bond acceptors (Lipinski definition) is 2. The van der Waals surface area contributed by atoms with Crippen molar-refractivity contribution in [3.05, 3.63) is 60.2 Å². The molecule has 0 radical (unpaired) electrons. The predicted molar refractivity (Wildman–Crippen MR) is 60.9 cm³/mol. The van der Waals surface area contributed by atoms with Gasteiger partial charge in [-0.3, -0.25) is 4.84 Å². The summed E-state index contributed by atoms with van der Waals surface area (Å²) in [5, 5.41) is 0. The third kappa shape index (κ3) is 2.43. The summed E-state index contributed by atoms with van der Waals surface area (Å²) in [6.07, 6.45) is 0. The van der Waals surface area contributed by atoms with Crippen molar-refractivity contribution in [3.8, 4) is 11.1 Å². The normalized spacial score (nSPS) is 10.2. The molecule has 0 saturated heterocycles. The fraction of sp³-hybridized carbons (Fsp3) is 0.0769. The molecule has 0 heterocycles. The van der Waals surface area contributed by atoms with Crippen LogP contribution < -0.4 is 5.90 Å². The second-order valence-electron chi connectivity index (χ2n) is 3.37. The summed E-state index contributed by atoms with van der Waals surface area (Å²) in [5.41, 5.74) is 3.95. The lowest BCUT2D eigenvalue weighted by molar-refractivity contribution is 0.124. The molecule has 2 nitrogen and oxygen atoms in total. The molecule has 0 bridgehead atoms. The van der Waals surface area contributed by atoms with Gasteiger partial charge in [-0.25, -0.2) is 5.90 Å². The van der Waals surface area contributed by atoms with Crippen LogP contribution in [0.25, 0.3) is 11.1 Å². The minimum Gasteiger partial charge on any atom is -0.300 e. The summed E-state index contributed by atoms with van der Waals surface area (Å²) in [4.78, 5) is 4.43. The highest BCUT2D eigenvalue weighted by molar-refractivity contribution is 5.75. The van der Waals surface area contributed by atoms with Crippen LogP contribution in [0.5, 0.6) is 0 Å². The lowest BCUT2D eigenvalue weighted by Crippen LogP contribution is -1.97. The van der Waals surface area contributed by atoms with Gasteiger partial charge in [-0.2, -0.15) is 0 Å². The lowest BCUT2D eigenvalue weighted by Gasteiger charge is -2.10. The predicted octanol–water partition coefficient (Wildman–Crippen LogP) is 2.74. The van der Waals surface area contributed by atoms with Crippen LogP contribution in [0.1, 0.15) is 5.56 Å². The Labute approximate surface area is 89.3 Å². The lowest BCUT2D eigenvalue weighted by atomic mass is 9.95. The number of hydrogen-bond donors (Lipinski definition) is 1. The van der Waals surface area contributed by atoms with Gasteiger partial charge in [0.1, 0.15) is 0 Å². The van der Waals surface area contributed by atoms with E-state index in [0.29, 0.717) is 6.61 Å². The van der Waals surface area contributed by atoms with Gasteiger partial charge in [-0.05, 0) is 16.7 Å². The number of benzene rings is 2. The van der Waals surface area contributed by atoms with E-state index in [1.165, 1.54) is 11.1 Å². The van der Waals surface area contributed by atoms with Crippen molar-refractivity contribution in [1.82, 2.24) is 0 Å². The van der Waals surface area contributed by atoms with E-state index in [2.05, 4.69) is 29.1 Å². The summed E-state index contributed by atoms with van der Waals surface area (Å²) in [6, 6.07) is 18.3. The van der Waals surface area contributed by atoms with Crippen LogP contribution in [-0.4, -0.2) is 0 Å². The minimum atomic E-state index is 0.487. The standard InChI is InChI=1S/C7H9NO.C6H4/c8-9-6-7-4-2-1-3-5-7;1-2-6-4-3-5(1)6/h1-5H,6,8H2;1-4H. The van der Waals surface area contributed by atoms with Gasteiger partial charge in [-0.1, -0.05) is 54.6 Å². The molecule has 76 valence electrons. The molecule has 1 aromatic rings. The molecule has 1 aromatic carbocycles. The molecule has 2 heteroatoms. The molecular formula is C13H13NO. The topological polar surface area (TPSA) is 35.2 Å². The van der Waals surface area contributed by atoms with E-state index in [9.17, 15) is 0 Å². The van der Waals surface area contributed by atoms with E-state index in [1.807, 2.05) is 30.3 Å². The fourth-order valence-corrected chi connectivity index (χ4v) is 1.33. The Balaban J connectivity index is 0.000000121. The number of rotatable bonds is 2. The minimum absolute atomic E-state index is 0.487. The van der Waals surface area contributed by atoms with E-state index < -0.39 is 0 Å². The SMILES string of the molecule is NOCc1ccccc1.c1cc2ccc1-2. The Hall–Kier alpha value is -1.64. The van der Waals surface area contributed by atoms with Crippen LogP contribution >= 0.6 is 0 Å². The average molecular weight is 199 g/mol. The first kappa shape index (κ1) is 9.90. The second-order valence-corrected chi connectivity index (χ2v) is 3.37. The maximum absolute atomic E-state index is 4.86. The molecule has 0 atom stereocenters. The molecule has 0 saturated carbocycles. The first-order valence-electron chi connectivity index (χ1n) is 4.86. The third-order valence-corrected chi connectivity index (χ3v) is 2.31. The Morgan fingerprint density at radius 3 is 1.67 bits per heavy atom. The highest BCUT2D eigenvalue weighted by Crippen LogP contribution is 2.29. The highest BCUT2D eigenvalue weighted by atomic mass is 16.6. The zero-order valence-corrected chi connectivity index (χ0v) is 8.39. The molecular weight excluding hydrogens is 186 g/mol. The van der Waals surface area contributed by atoms with Gasteiger partial charge in [0.05, 0.1) is 6.61 Å². The molecule has 2 N–H and O–H groups in total. The first-order chi connectivity index (χ1) is 7.40. The number of nitrogens with two attached hydrogens (primary N) is 1. The van der Waals surface area contributed by atoms with Crippen LogP contribution in [0.3, 0.4) is 0 Å². The van der Waals surface area contributed by atoms with Crippen molar-refractivity contribution in [2.75, 3.05) is 0 Å². The monoisotopic (exact) mass is 199 g/mol. The van der Waals surface area contributed by atoms with Crippen LogP contribution in [0.2, 0.25) is 0 Å². The summed E-state index contributed by atoms with van der Waals surface area (Å²) >= 11 is 0. The van der Waals surface area contributed by atoms with Gasteiger partial charge in [-0.15, -0.1) is 0 Å². The van der Waals surface area contributed by atoms with Gasteiger partial charge < -0.3 is 0 Å². The van der Waals surface area contributed by atoms with E-state index in [1.54, 1.807) is 0 Å². The van der Waals surface area contributed by atoms with E-state index in [0.717, 1.165) is 5.56 Å². The van der Waals surface area contributed by atoms with Crippen molar-refractivity contribution >= 4 is 0 Å². The summed E-state index contributed by atoms with van der Waals surface area (Å²) < 4.78 is 0. The van der Waals surface area contributed by atoms with E-state index in [-0.39, 0.29) is 0 Å². The van der Waals surface area contributed by atoms with Crippen LogP contribution in [-0.2, 0) is 11.4 Å². The molecule has 2 aliphatic rings. The van der Waals surface area contributed by atoms with Gasteiger partial charge in [0.25, 0.3) is 0 Å². The zero-order chi connectivity index (χ0) is 10.5. The maximum atomic E-state index is 4.86. The molecule has 0 aliphatic heterocycles. The van der Waals surface area contributed by atoms with E-state index in [4.69, 9.17) is 5.90 Å². The molecule has 2 aliphatic carbocycles. The Morgan fingerprint density at radius 1 is 0.800 bits per heavy atom. The average Bonchev–Trinajstić information content (AvgIpc) is 2.26. The first-order valence-corrected chi connectivity index (χ1v) is 4.86. The second kappa shape index (κ2) is 4.73. The van der Waals surface area contributed by atoms with E-state index >= 15 is 0 Å². The summed E-state index contributed by atoms with van der Waals surface area (Å²) in [6.45, 7) is 0.487. The number of fused-ring (bicyclic) bond motifs is 1. The van der Waals surface area contributed by atoms with Gasteiger partial charge >= 0.3 is 0 Å². The molecule has 15 heavy (non-hydrogen) atoms. The Kier molecular flexibility index (Phi) is 3.12. The van der Waals surface area contributed by atoms with Crippen LogP contribution in [0.4, 0.5) is 0 Å². The quantitative estimate of drug-likeness (QED) is 0.644. The van der Waals surface area contributed by atoms with Gasteiger partial charge in [0.2, 0.25) is 0 Å². The van der Waals surface area contributed by atoms with Crippen LogP contribution in [0, 0.1) is 0 Å². The maximum Gasteiger partial charge on any atom is 0.0930 e. The van der Waals surface area contributed by atoms with Gasteiger partial charge in [0, 0.05) is 0 Å².